The van der Waals surface area contributed by atoms with Crippen LogP contribution in [0.1, 0.15) is 36.6 Å². The highest BCUT2D eigenvalue weighted by molar-refractivity contribution is 7.92. The lowest BCUT2D eigenvalue weighted by atomic mass is 10.0. The van der Waals surface area contributed by atoms with Crippen LogP contribution in [-0.2, 0) is 26.0 Å². The van der Waals surface area contributed by atoms with Gasteiger partial charge in [-0.2, -0.15) is 0 Å². The van der Waals surface area contributed by atoms with Crippen molar-refractivity contribution in [1.82, 2.24) is 0 Å². The summed E-state index contributed by atoms with van der Waals surface area (Å²) < 4.78 is 33.6. The number of hydrogen-bond donors (Lipinski definition) is 4. The fraction of sp³-hybridized carbons (Fsp3) is 0.200. The van der Waals surface area contributed by atoms with Crippen LogP contribution in [0.4, 0.5) is 11.4 Å². The van der Waals surface area contributed by atoms with Crippen molar-refractivity contribution in [1.29, 1.82) is 5.41 Å². The molecule has 3 aromatic carbocycles. The molecular formula is C25H28N4O4S. The molecule has 0 fully saturated rings. The lowest BCUT2D eigenvalue weighted by Gasteiger charge is -2.22. The van der Waals surface area contributed by atoms with Crippen LogP contribution in [0.25, 0.3) is 0 Å². The molecule has 0 saturated heterocycles. The van der Waals surface area contributed by atoms with Crippen LogP contribution in [0.5, 0.6) is 0 Å². The second-order valence-electron chi connectivity index (χ2n) is 7.73. The number of benzene rings is 3. The number of anilines is 2. The lowest BCUT2D eigenvalue weighted by molar-refractivity contribution is -0.141. The molecular weight excluding hydrogens is 452 g/mol. The zero-order chi connectivity index (χ0) is 24.7. The normalized spacial score (nSPS) is 11.9. The number of nitrogen functional groups attached to an aromatic ring is 1. The number of nitrogens with two attached hydrogens (primary N) is 1. The van der Waals surface area contributed by atoms with Crippen molar-refractivity contribution in [2.45, 2.75) is 31.2 Å². The Kier molecular flexibility index (Phi) is 7.91. The van der Waals surface area contributed by atoms with E-state index in [1.165, 1.54) is 19.1 Å². The Morgan fingerprint density at radius 1 is 1.03 bits per heavy atom. The zero-order valence-corrected chi connectivity index (χ0v) is 19.9. The van der Waals surface area contributed by atoms with Gasteiger partial charge in [-0.05, 0) is 66.1 Å². The van der Waals surface area contributed by atoms with Gasteiger partial charge in [-0.15, -0.1) is 0 Å². The number of ether oxygens (including phenoxy) is 1. The van der Waals surface area contributed by atoms with E-state index in [4.69, 9.17) is 15.9 Å². The van der Waals surface area contributed by atoms with E-state index in [1.54, 1.807) is 54.6 Å². The van der Waals surface area contributed by atoms with E-state index in [0.717, 1.165) is 16.8 Å². The molecule has 0 bridgehead atoms. The lowest BCUT2D eigenvalue weighted by Crippen LogP contribution is -2.20. The standard InChI is InChI=1S/C25H28N4O4S/c1-3-18-13-20(15-22(14-18)29-34(31,32)23-7-5-4-6-8-23)24(16-33-17(2)30)28-21-11-9-19(10-12-21)25(26)27/h4-15,24,28-29H,3,16H2,1-2H3,(H3,26,27). The molecule has 178 valence electrons. The molecule has 0 aliphatic rings. The fourth-order valence-electron chi connectivity index (χ4n) is 3.37. The second kappa shape index (κ2) is 10.8. The first-order valence-electron chi connectivity index (χ1n) is 10.7. The van der Waals surface area contributed by atoms with Crippen molar-refractivity contribution in [2.75, 3.05) is 16.6 Å². The van der Waals surface area contributed by atoms with Crippen molar-refractivity contribution >= 4 is 33.2 Å². The highest BCUT2D eigenvalue weighted by Gasteiger charge is 2.18. The Hall–Kier alpha value is -3.85. The highest BCUT2D eigenvalue weighted by Crippen LogP contribution is 2.27. The summed E-state index contributed by atoms with van der Waals surface area (Å²) >= 11 is 0. The van der Waals surface area contributed by atoms with E-state index >= 15 is 0 Å². The monoisotopic (exact) mass is 480 g/mol. The molecule has 5 N–H and O–H groups in total. The van der Waals surface area contributed by atoms with E-state index in [-0.39, 0.29) is 17.3 Å². The maximum atomic E-state index is 12.9. The number of esters is 1. The van der Waals surface area contributed by atoms with E-state index in [2.05, 4.69) is 10.0 Å². The molecule has 0 radical (unpaired) electrons. The molecule has 0 aliphatic heterocycles. The van der Waals surface area contributed by atoms with Gasteiger partial charge in [0.05, 0.1) is 10.9 Å². The third kappa shape index (κ3) is 6.58. The van der Waals surface area contributed by atoms with Crippen molar-refractivity contribution in [3.05, 3.63) is 89.5 Å². The number of carbonyl (C=O) groups excluding carboxylic acids is 1. The van der Waals surface area contributed by atoms with Gasteiger partial charge >= 0.3 is 5.97 Å². The van der Waals surface area contributed by atoms with Crippen molar-refractivity contribution in [3.63, 3.8) is 0 Å². The highest BCUT2D eigenvalue weighted by atomic mass is 32.2. The minimum absolute atomic E-state index is 0.0333. The summed E-state index contributed by atoms with van der Waals surface area (Å²) in [6.45, 7) is 3.35. The van der Waals surface area contributed by atoms with Crippen LogP contribution in [-0.4, -0.2) is 26.8 Å². The van der Waals surface area contributed by atoms with Gasteiger partial charge in [0, 0.05) is 23.9 Å². The zero-order valence-electron chi connectivity index (χ0n) is 19.0. The van der Waals surface area contributed by atoms with E-state index in [9.17, 15) is 13.2 Å². The first-order valence-corrected chi connectivity index (χ1v) is 12.2. The first kappa shape index (κ1) is 24.8. The molecule has 0 spiro atoms. The van der Waals surface area contributed by atoms with Crippen LogP contribution in [0.3, 0.4) is 0 Å². The molecule has 0 aliphatic carbocycles. The van der Waals surface area contributed by atoms with Gasteiger partial charge in [0.1, 0.15) is 12.4 Å². The van der Waals surface area contributed by atoms with Gasteiger partial charge in [-0.3, -0.25) is 14.9 Å². The Morgan fingerprint density at radius 3 is 2.29 bits per heavy atom. The molecule has 3 aromatic rings. The first-order chi connectivity index (χ1) is 16.2. The number of hydrogen-bond acceptors (Lipinski definition) is 6. The van der Waals surface area contributed by atoms with Crippen LogP contribution >= 0.6 is 0 Å². The SMILES string of the molecule is CCc1cc(NS(=O)(=O)c2ccccc2)cc(C(COC(C)=O)Nc2ccc(C(=N)N)cc2)c1. The topological polar surface area (TPSA) is 134 Å². The molecule has 0 aromatic heterocycles. The Balaban J connectivity index is 1.94. The minimum atomic E-state index is -3.77. The largest absolute Gasteiger partial charge is 0.463 e. The summed E-state index contributed by atoms with van der Waals surface area (Å²) in [7, 11) is -3.77. The number of aryl methyl sites for hydroxylation is 1. The predicted molar refractivity (Wildman–Crippen MR) is 134 cm³/mol. The summed E-state index contributed by atoms with van der Waals surface area (Å²) in [5.74, 6) is -0.454. The molecule has 34 heavy (non-hydrogen) atoms. The van der Waals surface area contributed by atoms with Gasteiger partial charge in [0.2, 0.25) is 0 Å². The maximum Gasteiger partial charge on any atom is 0.302 e. The molecule has 1 unspecified atom stereocenters. The van der Waals surface area contributed by atoms with Crippen LogP contribution in [0.2, 0.25) is 0 Å². The Bertz CT molecular complexity index is 1260. The van der Waals surface area contributed by atoms with Crippen LogP contribution in [0, 0.1) is 5.41 Å². The number of nitrogens with one attached hydrogen (secondary N) is 3. The minimum Gasteiger partial charge on any atom is -0.463 e. The van der Waals surface area contributed by atoms with Gasteiger partial charge in [0.25, 0.3) is 10.0 Å². The van der Waals surface area contributed by atoms with E-state index < -0.39 is 22.0 Å². The van der Waals surface area contributed by atoms with Gasteiger partial charge in [0.15, 0.2) is 0 Å². The molecule has 3 rings (SSSR count). The number of sulfonamides is 1. The van der Waals surface area contributed by atoms with Gasteiger partial charge in [-0.1, -0.05) is 31.2 Å². The van der Waals surface area contributed by atoms with Crippen molar-refractivity contribution in [2.24, 2.45) is 5.73 Å². The summed E-state index contributed by atoms with van der Waals surface area (Å²) in [5, 5.41) is 10.9. The molecule has 1 atom stereocenters. The van der Waals surface area contributed by atoms with Crippen LogP contribution in [0.15, 0.2) is 77.7 Å². The quantitative estimate of drug-likeness (QED) is 0.196. The van der Waals surface area contributed by atoms with E-state index in [0.29, 0.717) is 17.7 Å². The summed E-state index contributed by atoms with van der Waals surface area (Å²) in [6.07, 6.45) is 0.682. The summed E-state index contributed by atoms with van der Waals surface area (Å²) in [4.78, 5) is 11.7. The van der Waals surface area contributed by atoms with Gasteiger partial charge < -0.3 is 15.8 Å². The number of rotatable bonds is 10. The molecule has 0 heterocycles. The fourth-order valence-corrected chi connectivity index (χ4v) is 4.43. The predicted octanol–water partition coefficient (Wildman–Crippen LogP) is 4.05. The maximum absolute atomic E-state index is 12.9. The summed E-state index contributed by atoms with van der Waals surface area (Å²) in [5.41, 5.74) is 8.94. The molecule has 9 heteroatoms. The van der Waals surface area contributed by atoms with Crippen molar-refractivity contribution in [3.8, 4) is 0 Å². The molecule has 0 amide bonds. The second-order valence-corrected chi connectivity index (χ2v) is 9.41. The Morgan fingerprint density at radius 2 is 1.71 bits per heavy atom. The summed E-state index contributed by atoms with van der Waals surface area (Å²) in [6, 6.07) is 20.2. The Labute approximate surface area is 199 Å². The average Bonchev–Trinajstić information content (AvgIpc) is 2.82. The van der Waals surface area contributed by atoms with Crippen LogP contribution < -0.4 is 15.8 Å². The van der Waals surface area contributed by atoms with E-state index in [1.807, 2.05) is 13.0 Å². The number of amidine groups is 1. The third-order valence-corrected chi connectivity index (χ3v) is 6.52. The number of carbonyl (C=O) groups is 1. The van der Waals surface area contributed by atoms with Gasteiger partial charge in [-0.25, -0.2) is 8.42 Å². The molecule has 0 saturated carbocycles. The smallest absolute Gasteiger partial charge is 0.302 e. The van der Waals surface area contributed by atoms with Crippen molar-refractivity contribution < 1.29 is 17.9 Å². The molecule has 8 nitrogen and oxygen atoms in total. The average molecular weight is 481 g/mol. The third-order valence-electron chi connectivity index (χ3n) is 5.12.